The van der Waals surface area contributed by atoms with Crippen molar-refractivity contribution in [3.05, 3.63) is 35.9 Å². The molecule has 0 aliphatic carbocycles. The molecule has 2 heteroatoms. The molecule has 0 fully saturated rings. The molecule has 16 heavy (non-hydrogen) atoms. The zero-order chi connectivity index (χ0) is 12.0. The lowest BCUT2D eigenvalue weighted by atomic mass is 9.97. The molecule has 1 aromatic carbocycles. The molecule has 2 N–H and O–H groups in total. The Morgan fingerprint density at radius 3 is 2.38 bits per heavy atom. The van der Waals surface area contributed by atoms with Crippen molar-refractivity contribution in [1.82, 2.24) is 4.90 Å². The first-order chi connectivity index (χ1) is 7.69. The van der Waals surface area contributed by atoms with E-state index < -0.39 is 0 Å². The summed E-state index contributed by atoms with van der Waals surface area (Å²) in [5, 5.41) is 0. The molecule has 0 amide bonds. The molecule has 2 nitrogen and oxygen atoms in total. The summed E-state index contributed by atoms with van der Waals surface area (Å²) in [5.41, 5.74) is 7.22. The summed E-state index contributed by atoms with van der Waals surface area (Å²) < 4.78 is 0. The summed E-state index contributed by atoms with van der Waals surface area (Å²) in [6, 6.07) is 11.0. The third-order valence-corrected chi connectivity index (χ3v) is 3.38. The van der Waals surface area contributed by atoms with Crippen molar-refractivity contribution in [2.24, 2.45) is 11.7 Å². The fourth-order valence-electron chi connectivity index (χ4n) is 2.11. The normalized spacial score (nSPS) is 15.1. The topological polar surface area (TPSA) is 29.3 Å². The second-order valence-corrected chi connectivity index (χ2v) is 4.59. The van der Waals surface area contributed by atoms with Crippen LogP contribution in [-0.4, -0.2) is 24.5 Å². The van der Waals surface area contributed by atoms with Crippen LogP contribution < -0.4 is 5.73 Å². The summed E-state index contributed by atoms with van der Waals surface area (Å²) in [7, 11) is 2.16. The summed E-state index contributed by atoms with van der Waals surface area (Å²) in [6.45, 7) is 6.22. The summed E-state index contributed by atoms with van der Waals surface area (Å²) >= 11 is 0. The Hall–Kier alpha value is -0.860. The molecule has 0 aromatic heterocycles. The van der Waals surface area contributed by atoms with Crippen LogP contribution in [0.5, 0.6) is 0 Å². The maximum atomic E-state index is 5.86. The van der Waals surface area contributed by atoms with Gasteiger partial charge in [-0.3, -0.25) is 4.90 Å². The van der Waals surface area contributed by atoms with Crippen LogP contribution in [0.1, 0.15) is 25.8 Å². The predicted octanol–water partition coefficient (Wildman–Crippen LogP) is 2.49. The molecule has 0 aliphatic heterocycles. The van der Waals surface area contributed by atoms with Crippen LogP contribution in [0.4, 0.5) is 0 Å². The van der Waals surface area contributed by atoms with Crippen LogP contribution in [0.25, 0.3) is 0 Å². The molecule has 0 aliphatic rings. The second kappa shape index (κ2) is 6.66. The highest BCUT2D eigenvalue weighted by Gasteiger charge is 2.18. The van der Waals surface area contributed by atoms with E-state index in [0.29, 0.717) is 12.0 Å². The number of nitrogens with two attached hydrogens (primary N) is 1. The number of nitrogens with zero attached hydrogens (tertiary/aromatic N) is 1. The SMILES string of the molecule is CCC(C)C(CN)N(C)Cc1ccccc1. The molecule has 0 saturated carbocycles. The van der Waals surface area contributed by atoms with Gasteiger partial charge < -0.3 is 5.73 Å². The number of likely N-dealkylation sites (N-methyl/N-ethyl adjacent to an activating group) is 1. The van der Waals surface area contributed by atoms with E-state index in [4.69, 9.17) is 5.73 Å². The molecular weight excluding hydrogens is 196 g/mol. The van der Waals surface area contributed by atoms with Gasteiger partial charge in [0, 0.05) is 19.1 Å². The molecule has 1 rings (SSSR count). The van der Waals surface area contributed by atoms with E-state index in [-0.39, 0.29) is 0 Å². The average molecular weight is 220 g/mol. The van der Waals surface area contributed by atoms with Crippen LogP contribution in [0.15, 0.2) is 30.3 Å². The van der Waals surface area contributed by atoms with E-state index in [1.807, 2.05) is 0 Å². The van der Waals surface area contributed by atoms with Crippen molar-refractivity contribution < 1.29 is 0 Å². The van der Waals surface area contributed by atoms with Crippen molar-refractivity contribution in [3.8, 4) is 0 Å². The van der Waals surface area contributed by atoms with Gasteiger partial charge in [0.15, 0.2) is 0 Å². The van der Waals surface area contributed by atoms with E-state index in [0.717, 1.165) is 13.1 Å². The molecule has 1 aromatic rings. The fraction of sp³-hybridized carbons (Fsp3) is 0.571. The minimum Gasteiger partial charge on any atom is -0.329 e. The Labute approximate surface area is 99.5 Å². The predicted molar refractivity (Wildman–Crippen MR) is 70.2 cm³/mol. The van der Waals surface area contributed by atoms with Crippen LogP contribution in [-0.2, 0) is 6.54 Å². The van der Waals surface area contributed by atoms with Gasteiger partial charge in [-0.05, 0) is 18.5 Å². The molecule has 0 bridgehead atoms. The summed E-state index contributed by atoms with van der Waals surface area (Å²) in [6.07, 6.45) is 1.18. The number of benzene rings is 1. The smallest absolute Gasteiger partial charge is 0.0244 e. The number of hydrogen-bond donors (Lipinski definition) is 1. The molecule has 90 valence electrons. The quantitative estimate of drug-likeness (QED) is 0.798. The van der Waals surface area contributed by atoms with Gasteiger partial charge in [-0.1, -0.05) is 50.6 Å². The van der Waals surface area contributed by atoms with Gasteiger partial charge in [-0.15, -0.1) is 0 Å². The van der Waals surface area contributed by atoms with E-state index in [1.165, 1.54) is 12.0 Å². The molecule has 2 unspecified atom stereocenters. The van der Waals surface area contributed by atoms with E-state index in [2.05, 4.69) is 56.1 Å². The lowest BCUT2D eigenvalue weighted by molar-refractivity contribution is 0.178. The summed E-state index contributed by atoms with van der Waals surface area (Å²) in [5.74, 6) is 0.652. The molecule has 0 saturated heterocycles. The lowest BCUT2D eigenvalue weighted by Gasteiger charge is -2.31. The molecular formula is C14H24N2. The first kappa shape index (κ1) is 13.2. The summed E-state index contributed by atoms with van der Waals surface area (Å²) in [4.78, 5) is 2.36. The maximum Gasteiger partial charge on any atom is 0.0244 e. The minimum absolute atomic E-state index is 0.477. The van der Waals surface area contributed by atoms with E-state index >= 15 is 0 Å². The van der Waals surface area contributed by atoms with Crippen LogP contribution in [0.3, 0.4) is 0 Å². The second-order valence-electron chi connectivity index (χ2n) is 4.59. The Balaban J connectivity index is 2.59. The first-order valence-electron chi connectivity index (χ1n) is 6.13. The molecule has 0 spiro atoms. The highest BCUT2D eigenvalue weighted by atomic mass is 15.1. The van der Waals surface area contributed by atoms with Crippen LogP contribution in [0.2, 0.25) is 0 Å². The Morgan fingerprint density at radius 2 is 1.88 bits per heavy atom. The van der Waals surface area contributed by atoms with Crippen molar-refractivity contribution in [2.75, 3.05) is 13.6 Å². The zero-order valence-corrected chi connectivity index (χ0v) is 10.7. The minimum atomic E-state index is 0.477. The van der Waals surface area contributed by atoms with Crippen LogP contribution >= 0.6 is 0 Å². The van der Waals surface area contributed by atoms with E-state index in [9.17, 15) is 0 Å². The van der Waals surface area contributed by atoms with Gasteiger partial charge in [0.2, 0.25) is 0 Å². The molecule has 2 atom stereocenters. The number of rotatable bonds is 6. The first-order valence-corrected chi connectivity index (χ1v) is 6.13. The maximum absolute atomic E-state index is 5.86. The zero-order valence-electron chi connectivity index (χ0n) is 10.7. The van der Waals surface area contributed by atoms with Crippen molar-refractivity contribution in [2.45, 2.75) is 32.9 Å². The van der Waals surface area contributed by atoms with Gasteiger partial charge in [0.25, 0.3) is 0 Å². The fourth-order valence-corrected chi connectivity index (χ4v) is 2.11. The average Bonchev–Trinajstić information content (AvgIpc) is 2.31. The number of hydrogen-bond acceptors (Lipinski definition) is 2. The Morgan fingerprint density at radius 1 is 1.25 bits per heavy atom. The monoisotopic (exact) mass is 220 g/mol. The van der Waals surface area contributed by atoms with Gasteiger partial charge in [0.05, 0.1) is 0 Å². The van der Waals surface area contributed by atoms with Gasteiger partial charge in [-0.2, -0.15) is 0 Å². The largest absolute Gasteiger partial charge is 0.329 e. The Bertz CT molecular complexity index is 284. The van der Waals surface area contributed by atoms with Gasteiger partial charge >= 0.3 is 0 Å². The van der Waals surface area contributed by atoms with Crippen molar-refractivity contribution in [1.29, 1.82) is 0 Å². The van der Waals surface area contributed by atoms with E-state index in [1.54, 1.807) is 0 Å². The third kappa shape index (κ3) is 3.62. The van der Waals surface area contributed by atoms with Crippen LogP contribution in [0, 0.1) is 5.92 Å². The highest BCUT2D eigenvalue weighted by Crippen LogP contribution is 2.14. The molecule has 0 radical (unpaired) electrons. The van der Waals surface area contributed by atoms with Gasteiger partial charge in [0.1, 0.15) is 0 Å². The third-order valence-electron chi connectivity index (χ3n) is 3.38. The van der Waals surface area contributed by atoms with Crippen molar-refractivity contribution in [3.63, 3.8) is 0 Å². The highest BCUT2D eigenvalue weighted by molar-refractivity contribution is 5.14. The van der Waals surface area contributed by atoms with Gasteiger partial charge in [-0.25, -0.2) is 0 Å². The standard InChI is InChI=1S/C14H24N2/c1-4-12(2)14(10-15)16(3)11-13-8-6-5-7-9-13/h5-9,12,14H,4,10-11,15H2,1-3H3. The molecule has 0 heterocycles. The van der Waals surface area contributed by atoms with Crippen molar-refractivity contribution >= 4 is 0 Å². The Kier molecular flexibility index (Phi) is 5.50. The lowest BCUT2D eigenvalue weighted by Crippen LogP contribution is -2.41.